The van der Waals surface area contributed by atoms with Crippen LogP contribution < -0.4 is 10.6 Å². The fraction of sp³-hybridized carbons (Fsp3) is 0.938. The predicted molar refractivity (Wildman–Crippen MR) is 105 cm³/mol. The summed E-state index contributed by atoms with van der Waals surface area (Å²) in [7, 11) is 1.83. The molecule has 0 aromatic carbocycles. The van der Waals surface area contributed by atoms with Gasteiger partial charge in [-0.1, -0.05) is 19.8 Å². The van der Waals surface area contributed by atoms with Crippen LogP contribution in [0, 0.1) is 0 Å². The molecule has 1 rings (SSSR count). The normalized spacial score (nSPS) is 23.0. The number of hydrogen-bond donors (Lipinski definition) is 2. The molecule has 22 heavy (non-hydrogen) atoms. The van der Waals surface area contributed by atoms with Crippen LogP contribution in [0.3, 0.4) is 0 Å². The Morgan fingerprint density at radius 2 is 1.68 bits per heavy atom. The van der Waals surface area contributed by atoms with Crippen LogP contribution in [0.4, 0.5) is 0 Å². The number of unbranched alkanes of at least 4 members (excludes halogenated alkanes) is 2. The molecule has 5 nitrogen and oxygen atoms in total. The summed E-state index contributed by atoms with van der Waals surface area (Å²) in [6.07, 6.45) is 5.58. The molecule has 0 aliphatic carbocycles. The first kappa shape index (κ1) is 21.9. The van der Waals surface area contributed by atoms with Crippen molar-refractivity contribution in [3.8, 4) is 0 Å². The first-order chi connectivity index (χ1) is 10.2. The monoisotopic (exact) mass is 426 g/mol. The topological polar surface area (TPSA) is 48.9 Å². The Morgan fingerprint density at radius 1 is 1.09 bits per heavy atom. The van der Waals surface area contributed by atoms with Crippen LogP contribution in [0.25, 0.3) is 0 Å². The van der Waals surface area contributed by atoms with Crippen LogP contribution in [-0.4, -0.2) is 62.8 Å². The zero-order valence-electron chi connectivity index (χ0n) is 14.7. The van der Waals surface area contributed by atoms with Crippen molar-refractivity contribution in [2.24, 2.45) is 4.99 Å². The van der Waals surface area contributed by atoms with Crippen LogP contribution in [0.15, 0.2) is 4.99 Å². The molecular weight excluding hydrogens is 391 g/mol. The third kappa shape index (κ3) is 9.84. The van der Waals surface area contributed by atoms with Gasteiger partial charge in [-0.25, -0.2) is 0 Å². The Balaban J connectivity index is 0.00000441. The molecule has 0 amide bonds. The van der Waals surface area contributed by atoms with E-state index in [2.05, 4.69) is 41.3 Å². The van der Waals surface area contributed by atoms with Crippen LogP contribution in [0.1, 0.15) is 46.5 Å². The van der Waals surface area contributed by atoms with Gasteiger partial charge >= 0.3 is 0 Å². The maximum Gasteiger partial charge on any atom is 0.190 e. The zero-order chi connectivity index (χ0) is 15.5. The molecule has 0 aromatic rings. The van der Waals surface area contributed by atoms with Crippen molar-refractivity contribution in [1.82, 2.24) is 15.5 Å². The molecule has 6 heteroatoms. The van der Waals surface area contributed by atoms with Crippen LogP contribution in [0.5, 0.6) is 0 Å². The molecule has 1 heterocycles. The standard InChI is InChI=1S/C16H34N4O.HI/c1-5-6-7-9-18-16(17-4)19-10-8-11-20-12-14(2)21-15(3)13-20;/h14-15H,5-13H2,1-4H3,(H2,17,18,19);1H. The third-order valence-electron chi connectivity index (χ3n) is 3.74. The van der Waals surface area contributed by atoms with Gasteiger partial charge < -0.3 is 15.4 Å². The molecular formula is C16H35IN4O. The van der Waals surface area contributed by atoms with E-state index in [0.717, 1.165) is 45.1 Å². The number of hydrogen-bond acceptors (Lipinski definition) is 3. The highest BCUT2D eigenvalue weighted by atomic mass is 127. The molecule has 132 valence electrons. The van der Waals surface area contributed by atoms with Crippen molar-refractivity contribution in [2.45, 2.75) is 58.7 Å². The fourth-order valence-corrected chi connectivity index (χ4v) is 2.78. The van der Waals surface area contributed by atoms with Gasteiger partial charge in [0.25, 0.3) is 0 Å². The highest BCUT2D eigenvalue weighted by Gasteiger charge is 2.21. The van der Waals surface area contributed by atoms with E-state index in [9.17, 15) is 0 Å². The van der Waals surface area contributed by atoms with Crippen LogP contribution >= 0.6 is 24.0 Å². The Labute approximate surface area is 153 Å². The number of guanidine groups is 1. The van der Waals surface area contributed by atoms with Crippen LogP contribution in [-0.2, 0) is 4.74 Å². The lowest BCUT2D eigenvalue weighted by molar-refractivity contribution is -0.0679. The molecule has 1 aliphatic rings. The second-order valence-corrected chi connectivity index (χ2v) is 6.00. The van der Waals surface area contributed by atoms with Crippen molar-refractivity contribution in [1.29, 1.82) is 0 Å². The van der Waals surface area contributed by atoms with Gasteiger partial charge in [-0.3, -0.25) is 9.89 Å². The molecule has 2 atom stereocenters. The largest absolute Gasteiger partial charge is 0.373 e. The summed E-state index contributed by atoms with van der Waals surface area (Å²) in [6, 6.07) is 0. The number of morpholine rings is 1. The Bertz CT molecular complexity index is 292. The number of nitrogens with zero attached hydrogens (tertiary/aromatic N) is 2. The molecule has 1 fully saturated rings. The number of rotatable bonds is 8. The second-order valence-electron chi connectivity index (χ2n) is 6.00. The molecule has 0 bridgehead atoms. The Morgan fingerprint density at radius 3 is 2.23 bits per heavy atom. The zero-order valence-corrected chi connectivity index (χ0v) is 17.1. The summed E-state index contributed by atoms with van der Waals surface area (Å²) in [5.41, 5.74) is 0. The summed E-state index contributed by atoms with van der Waals surface area (Å²) in [4.78, 5) is 6.75. The fourth-order valence-electron chi connectivity index (χ4n) is 2.78. The molecule has 0 aromatic heterocycles. The lowest BCUT2D eigenvalue weighted by Crippen LogP contribution is -2.46. The summed E-state index contributed by atoms with van der Waals surface area (Å²) in [5, 5.41) is 6.75. The van der Waals surface area contributed by atoms with Gasteiger partial charge in [-0.2, -0.15) is 0 Å². The van der Waals surface area contributed by atoms with Crippen molar-refractivity contribution in [3.05, 3.63) is 0 Å². The first-order valence-electron chi connectivity index (χ1n) is 8.48. The van der Waals surface area contributed by atoms with Gasteiger partial charge in [0.2, 0.25) is 0 Å². The molecule has 1 aliphatic heterocycles. The van der Waals surface area contributed by atoms with E-state index >= 15 is 0 Å². The maximum absolute atomic E-state index is 5.76. The minimum absolute atomic E-state index is 0. The maximum atomic E-state index is 5.76. The molecule has 0 radical (unpaired) electrons. The van der Waals surface area contributed by atoms with Crippen molar-refractivity contribution in [2.75, 3.05) is 39.8 Å². The number of halogens is 1. The molecule has 2 unspecified atom stereocenters. The van der Waals surface area contributed by atoms with E-state index in [0.29, 0.717) is 12.2 Å². The lowest BCUT2D eigenvalue weighted by atomic mass is 10.2. The summed E-state index contributed by atoms with van der Waals surface area (Å²) in [6.45, 7) is 11.7. The van der Waals surface area contributed by atoms with E-state index in [4.69, 9.17) is 4.74 Å². The minimum Gasteiger partial charge on any atom is -0.373 e. The molecule has 2 N–H and O–H groups in total. The van der Waals surface area contributed by atoms with Gasteiger partial charge in [-0.15, -0.1) is 24.0 Å². The van der Waals surface area contributed by atoms with Gasteiger partial charge in [0.05, 0.1) is 12.2 Å². The van der Waals surface area contributed by atoms with E-state index < -0.39 is 0 Å². The van der Waals surface area contributed by atoms with Gasteiger partial charge in [0.15, 0.2) is 5.96 Å². The predicted octanol–water partition coefficient (Wildman–Crippen LogP) is 2.46. The molecule has 0 saturated carbocycles. The van der Waals surface area contributed by atoms with Crippen molar-refractivity contribution in [3.63, 3.8) is 0 Å². The molecule has 0 spiro atoms. The quantitative estimate of drug-likeness (QED) is 0.271. The first-order valence-corrected chi connectivity index (χ1v) is 8.48. The average molecular weight is 426 g/mol. The van der Waals surface area contributed by atoms with Crippen molar-refractivity contribution >= 4 is 29.9 Å². The second kappa shape index (κ2) is 13.4. The van der Waals surface area contributed by atoms with E-state index in [1.165, 1.54) is 19.3 Å². The summed E-state index contributed by atoms with van der Waals surface area (Å²) >= 11 is 0. The van der Waals surface area contributed by atoms with E-state index in [1.807, 2.05) is 7.05 Å². The average Bonchev–Trinajstić information content (AvgIpc) is 2.44. The van der Waals surface area contributed by atoms with E-state index in [1.54, 1.807) is 0 Å². The summed E-state index contributed by atoms with van der Waals surface area (Å²) < 4.78 is 5.76. The van der Waals surface area contributed by atoms with Gasteiger partial charge in [0, 0.05) is 39.8 Å². The number of aliphatic imine (C=N–C) groups is 1. The minimum atomic E-state index is 0. The SMILES string of the molecule is CCCCCNC(=NC)NCCCN1CC(C)OC(C)C1.I. The highest BCUT2D eigenvalue weighted by Crippen LogP contribution is 2.10. The van der Waals surface area contributed by atoms with E-state index in [-0.39, 0.29) is 24.0 Å². The van der Waals surface area contributed by atoms with Crippen LogP contribution in [0.2, 0.25) is 0 Å². The van der Waals surface area contributed by atoms with Crippen molar-refractivity contribution < 1.29 is 4.74 Å². The Hall–Kier alpha value is -0.0800. The number of ether oxygens (including phenoxy) is 1. The highest BCUT2D eigenvalue weighted by molar-refractivity contribution is 14.0. The third-order valence-corrected chi connectivity index (χ3v) is 3.74. The van der Waals surface area contributed by atoms with Gasteiger partial charge in [-0.05, 0) is 26.7 Å². The summed E-state index contributed by atoms with van der Waals surface area (Å²) in [5.74, 6) is 0.926. The Kier molecular flexibility index (Phi) is 13.3. The lowest BCUT2D eigenvalue weighted by Gasteiger charge is -2.35. The smallest absolute Gasteiger partial charge is 0.190 e. The molecule has 1 saturated heterocycles. The van der Waals surface area contributed by atoms with Gasteiger partial charge in [0.1, 0.15) is 0 Å². The number of nitrogens with one attached hydrogen (secondary N) is 2.